The summed E-state index contributed by atoms with van der Waals surface area (Å²) in [6.07, 6.45) is 18.6. The third-order valence-electron chi connectivity index (χ3n) is 10.4. The van der Waals surface area contributed by atoms with Gasteiger partial charge in [-0.3, -0.25) is 0 Å². The molecule has 0 amide bonds. The first kappa shape index (κ1) is 31.7. The van der Waals surface area contributed by atoms with Crippen LogP contribution in [0.25, 0.3) is 22.3 Å². The lowest BCUT2D eigenvalue weighted by molar-refractivity contribution is 0.155. The van der Waals surface area contributed by atoms with E-state index >= 15 is 4.39 Å². The number of benzene rings is 3. The summed E-state index contributed by atoms with van der Waals surface area (Å²) in [5.41, 5.74) is 3.23. The summed E-state index contributed by atoms with van der Waals surface area (Å²) in [7, 11) is 0. The molecular formula is C39H49F3O. The standard InChI is InChI=1S/C39H49F3O/c1-3-5-6-7-8-9-27-10-12-28(13-11-27)29-14-18-31(19-15-29)34-23-22-33(26-36(34)40)30-16-20-32(21-17-30)35-24-25-37(43-4-2)39(42)38(35)41/h16-17,20-29,31H,3-15,18-19H2,1-2H3. The summed E-state index contributed by atoms with van der Waals surface area (Å²) in [5, 5.41) is 0. The van der Waals surface area contributed by atoms with E-state index in [0.29, 0.717) is 11.5 Å². The molecule has 0 saturated heterocycles. The van der Waals surface area contributed by atoms with Crippen molar-refractivity contribution in [1.29, 1.82) is 0 Å². The van der Waals surface area contributed by atoms with Crippen LogP contribution in [0.5, 0.6) is 5.75 Å². The maximum atomic E-state index is 15.4. The van der Waals surface area contributed by atoms with Crippen molar-refractivity contribution < 1.29 is 17.9 Å². The van der Waals surface area contributed by atoms with Crippen LogP contribution < -0.4 is 4.74 Å². The molecule has 5 rings (SSSR count). The molecular weight excluding hydrogens is 541 g/mol. The highest BCUT2D eigenvalue weighted by molar-refractivity contribution is 5.71. The van der Waals surface area contributed by atoms with Crippen molar-refractivity contribution in [2.45, 2.75) is 110 Å². The molecule has 2 aliphatic carbocycles. The third-order valence-corrected chi connectivity index (χ3v) is 10.4. The molecule has 0 aromatic heterocycles. The van der Waals surface area contributed by atoms with Crippen LogP contribution in [0.2, 0.25) is 0 Å². The molecule has 0 bridgehead atoms. The predicted octanol–water partition coefficient (Wildman–Crippen LogP) is 12.3. The summed E-state index contributed by atoms with van der Waals surface area (Å²) in [4.78, 5) is 0. The summed E-state index contributed by atoms with van der Waals surface area (Å²) < 4.78 is 49.6. The maximum absolute atomic E-state index is 15.4. The Morgan fingerprint density at radius 2 is 1.26 bits per heavy atom. The van der Waals surface area contributed by atoms with Gasteiger partial charge in [-0.25, -0.2) is 8.78 Å². The molecule has 232 valence electrons. The van der Waals surface area contributed by atoms with Gasteiger partial charge in [0.25, 0.3) is 0 Å². The van der Waals surface area contributed by atoms with Gasteiger partial charge in [0.15, 0.2) is 11.6 Å². The largest absolute Gasteiger partial charge is 0.491 e. The molecule has 0 heterocycles. The van der Waals surface area contributed by atoms with Crippen molar-refractivity contribution in [2.75, 3.05) is 6.61 Å². The number of hydrogen-bond acceptors (Lipinski definition) is 1. The fourth-order valence-electron chi connectivity index (χ4n) is 7.79. The molecule has 2 saturated carbocycles. The predicted molar refractivity (Wildman–Crippen MR) is 172 cm³/mol. The van der Waals surface area contributed by atoms with Crippen molar-refractivity contribution in [3.63, 3.8) is 0 Å². The van der Waals surface area contributed by atoms with Crippen LogP contribution >= 0.6 is 0 Å². The molecule has 0 atom stereocenters. The molecule has 4 heteroatoms. The van der Waals surface area contributed by atoms with Gasteiger partial charge in [0.2, 0.25) is 5.82 Å². The van der Waals surface area contributed by atoms with Gasteiger partial charge < -0.3 is 4.74 Å². The smallest absolute Gasteiger partial charge is 0.201 e. The van der Waals surface area contributed by atoms with Crippen LogP contribution in [0.15, 0.2) is 54.6 Å². The highest BCUT2D eigenvalue weighted by atomic mass is 19.2. The van der Waals surface area contributed by atoms with Crippen LogP contribution in [0, 0.1) is 35.2 Å². The van der Waals surface area contributed by atoms with Crippen LogP contribution in [0.1, 0.15) is 115 Å². The van der Waals surface area contributed by atoms with Gasteiger partial charge in [-0.15, -0.1) is 0 Å². The summed E-state index contributed by atoms with van der Waals surface area (Å²) in [6, 6.07) is 15.8. The first-order valence-electron chi connectivity index (χ1n) is 17.0. The number of hydrogen-bond donors (Lipinski definition) is 0. The van der Waals surface area contributed by atoms with Crippen molar-refractivity contribution >= 4 is 0 Å². The number of halogens is 3. The molecule has 0 radical (unpaired) electrons. The van der Waals surface area contributed by atoms with E-state index in [2.05, 4.69) is 6.92 Å². The fourth-order valence-corrected chi connectivity index (χ4v) is 7.79. The Hall–Kier alpha value is -2.75. The fraction of sp³-hybridized carbons (Fsp3) is 0.538. The molecule has 0 unspecified atom stereocenters. The van der Waals surface area contributed by atoms with Gasteiger partial charge in [-0.1, -0.05) is 94.7 Å². The molecule has 2 fully saturated rings. The van der Waals surface area contributed by atoms with Gasteiger partial charge in [0.1, 0.15) is 5.82 Å². The van der Waals surface area contributed by atoms with Crippen LogP contribution in [0.3, 0.4) is 0 Å². The second-order valence-corrected chi connectivity index (χ2v) is 13.1. The molecule has 0 spiro atoms. The molecule has 0 aliphatic heterocycles. The van der Waals surface area contributed by atoms with Gasteiger partial charge in [-0.05, 0) is 110 Å². The van der Waals surface area contributed by atoms with Gasteiger partial charge in [0.05, 0.1) is 6.61 Å². The quantitative estimate of drug-likeness (QED) is 0.191. The van der Waals surface area contributed by atoms with E-state index < -0.39 is 11.6 Å². The van der Waals surface area contributed by atoms with Crippen LogP contribution in [-0.2, 0) is 0 Å². The minimum atomic E-state index is -0.981. The Morgan fingerprint density at radius 3 is 1.91 bits per heavy atom. The summed E-state index contributed by atoms with van der Waals surface area (Å²) in [6.45, 7) is 4.28. The SMILES string of the molecule is CCCCCCCC1CCC(C2CCC(c3ccc(-c4ccc(-c5ccc(OCC)c(F)c5F)cc4)cc3F)CC2)CC1. The Balaban J connectivity index is 1.13. The van der Waals surface area contributed by atoms with E-state index in [1.807, 2.05) is 24.3 Å². The van der Waals surface area contributed by atoms with Crippen LogP contribution in [0.4, 0.5) is 13.2 Å². The first-order chi connectivity index (χ1) is 21.0. The molecule has 43 heavy (non-hydrogen) atoms. The van der Waals surface area contributed by atoms with Crippen molar-refractivity contribution in [3.8, 4) is 28.0 Å². The first-order valence-corrected chi connectivity index (χ1v) is 17.0. The highest BCUT2D eigenvalue weighted by Crippen LogP contribution is 2.45. The van der Waals surface area contributed by atoms with E-state index in [1.54, 1.807) is 25.1 Å². The zero-order valence-corrected chi connectivity index (χ0v) is 26.2. The summed E-state index contributed by atoms with van der Waals surface area (Å²) >= 11 is 0. The van der Waals surface area contributed by atoms with E-state index in [9.17, 15) is 8.78 Å². The molecule has 3 aromatic carbocycles. The average Bonchev–Trinajstić information content (AvgIpc) is 3.04. The van der Waals surface area contributed by atoms with E-state index in [-0.39, 0.29) is 23.7 Å². The summed E-state index contributed by atoms with van der Waals surface area (Å²) in [5.74, 6) is 0.811. The van der Waals surface area contributed by atoms with E-state index in [0.717, 1.165) is 47.3 Å². The molecule has 1 nitrogen and oxygen atoms in total. The lowest BCUT2D eigenvalue weighted by Crippen LogP contribution is -2.25. The van der Waals surface area contributed by atoms with E-state index in [4.69, 9.17) is 4.74 Å². The second kappa shape index (κ2) is 15.3. The van der Waals surface area contributed by atoms with Crippen molar-refractivity contribution in [1.82, 2.24) is 0 Å². The minimum absolute atomic E-state index is 0.0876. The van der Waals surface area contributed by atoms with Gasteiger partial charge >= 0.3 is 0 Å². The number of rotatable bonds is 12. The number of ether oxygens (including phenoxy) is 1. The lowest BCUT2D eigenvalue weighted by atomic mass is 9.68. The van der Waals surface area contributed by atoms with Crippen LogP contribution in [-0.4, -0.2) is 6.61 Å². The zero-order valence-electron chi connectivity index (χ0n) is 26.2. The Bertz CT molecular complexity index is 1300. The molecule has 3 aromatic rings. The molecule has 0 N–H and O–H groups in total. The van der Waals surface area contributed by atoms with Crippen molar-refractivity contribution in [2.24, 2.45) is 17.8 Å². The Labute approximate surface area is 257 Å². The van der Waals surface area contributed by atoms with Gasteiger partial charge in [0, 0.05) is 5.56 Å². The number of unbranched alkanes of at least 4 members (excludes halogenated alkanes) is 4. The van der Waals surface area contributed by atoms with Crippen molar-refractivity contribution in [3.05, 3.63) is 77.6 Å². The second-order valence-electron chi connectivity index (χ2n) is 13.1. The highest BCUT2D eigenvalue weighted by Gasteiger charge is 2.32. The average molecular weight is 591 g/mol. The Kier molecular flexibility index (Phi) is 11.3. The van der Waals surface area contributed by atoms with Gasteiger partial charge in [-0.2, -0.15) is 4.39 Å². The zero-order chi connectivity index (χ0) is 30.2. The third kappa shape index (κ3) is 7.86. The minimum Gasteiger partial charge on any atom is -0.491 e. The normalized spacial score (nSPS) is 22.4. The van der Waals surface area contributed by atoms with E-state index in [1.165, 1.54) is 89.2 Å². The molecule has 2 aliphatic rings. The monoisotopic (exact) mass is 590 g/mol. The lowest BCUT2D eigenvalue weighted by Gasteiger charge is -2.38. The maximum Gasteiger partial charge on any atom is 0.201 e. The Morgan fingerprint density at radius 1 is 0.628 bits per heavy atom. The topological polar surface area (TPSA) is 9.23 Å².